The molecule has 0 saturated heterocycles. The predicted molar refractivity (Wildman–Crippen MR) is 144 cm³/mol. The van der Waals surface area contributed by atoms with Gasteiger partial charge in [0.25, 0.3) is 0 Å². The van der Waals surface area contributed by atoms with E-state index >= 15 is 0 Å². The van der Waals surface area contributed by atoms with Crippen LogP contribution in [0.4, 0.5) is 4.79 Å². The van der Waals surface area contributed by atoms with Gasteiger partial charge in [0.15, 0.2) is 24.3 Å². The lowest BCUT2D eigenvalue weighted by Crippen LogP contribution is -2.45. The van der Waals surface area contributed by atoms with Gasteiger partial charge < -0.3 is 34.7 Å². The van der Waals surface area contributed by atoms with Crippen molar-refractivity contribution < 1.29 is 33.6 Å². The molecule has 39 heavy (non-hydrogen) atoms. The van der Waals surface area contributed by atoms with Gasteiger partial charge in [0.05, 0.1) is 31.5 Å². The highest BCUT2D eigenvalue weighted by atomic mass is 79.9. The summed E-state index contributed by atoms with van der Waals surface area (Å²) in [5.41, 5.74) is 4.38. The molecule has 0 fully saturated rings. The fourth-order valence-electron chi connectivity index (χ4n) is 3.68. The molecule has 2 aromatic rings. The zero-order chi connectivity index (χ0) is 28.4. The molecule has 0 spiro atoms. The Balaban J connectivity index is 1.70. The van der Waals surface area contributed by atoms with Crippen molar-refractivity contribution in [3.8, 4) is 23.3 Å². The number of hydrogen-bond donors (Lipinski definition) is 4. The quantitative estimate of drug-likeness (QED) is 0.124. The summed E-state index contributed by atoms with van der Waals surface area (Å²) >= 11 is 3.37. The van der Waals surface area contributed by atoms with E-state index in [1.807, 2.05) is 6.07 Å². The molecule has 0 bridgehead atoms. The number of ether oxygens (including phenoxy) is 4. The highest BCUT2D eigenvalue weighted by Crippen LogP contribution is 2.35. The van der Waals surface area contributed by atoms with Crippen LogP contribution in [0.5, 0.6) is 17.2 Å². The third kappa shape index (κ3) is 7.86. The summed E-state index contributed by atoms with van der Waals surface area (Å²) in [6, 6.07) is 10.9. The molecule has 12 nitrogen and oxygen atoms in total. The van der Waals surface area contributed by atoms with Gasteiger partial charge in [-0.15, -0.1) is 0 Å². The van der Waals surface area contributed by atoms with E-state index in [4.69, 9.17) is 24.2 Å². The molecule has 1 aliphatic heterocycles. The Hall–Kier alpha value is -4.28. The molecular formula is C26H28BrN5O7. The number of halogens is 1. The number of hydrazone groups is 1. The van der Waals surface area contributed by atoms with Crippen LogP contribution in [0, 0.1) is 11.3 Å². The fourth-order valence-corrected chi connectivity index (χ4v) is 4.06. The number of carbonyl (C=O) groups is 2. The van der Waals surface area contributed by atoms with Gasteiger partial charge in [-0.05, 0) is 49.7 Å². The molecule has 13 heteroatoms. The smallest absolute Gasteiger partial charge is 0.337 e. The highest BCUT2D eigenvalue weighted by Gasteiger charge is 2.32. The maximum atomic E-state index is 12.4. The van der Waals surface area contributed by atoms with E-state index in [9.17, 15) is 14.7 Å². The van der Waals surface area contributed by atoms with E-state index < -0.39 is 24.3 Å². The van der Waals surface area contributed by atoms with Crippen molar-refractivity contribution >= 4 is 34.1 Å². The van der Waals surface area contributed by atoms with E-state index in [-0.39, 0.29) is 18.8 Å². The normalized spacial score (nSPS) is 15.6. The first-order chi connectivity index (χ1) is 18.8. The van der Waals surface area contributed by atoms with Crippen molar-refractivity contribution in [2.75, 3.05) is 26.9 Å². The number of nitrogens with one attached hydrogen (secondary N) is 3. The molecule has 2 amide bonds. The number of amides is 2. The zero-order valence-corrected chi connectivity index (χ0v) is 23.1. The third-order valence-electron chi connectivity index (χ3n) is 5.36. The summed E-state index contributed by atoms with van der Waals surface area (Å²) in [7, 11) is 1.27. The number of allylic oxidation sites excluding steroid dienone is 1. The number of aliphatic hydroxyl groups is 1. The average Bonchev–Trinajstić information content (AvgIpc) is 2.91. The van der Waals surface area contributed by atoms with Crippen LogP contribution in [0.25, 0.3) is 0 Å². The summed E-state index contributed by atoms with van der Waals surface area (Å²) in [5.74, 6) is 0.575. The summed E-state index contributed by atoms with van der Waals surface area (Å²) in [6.45, 7) is 3.45. The minimum Gasteiger partial charge on any atom is -0.490 e. The number of esters is 1. The van der Waals surface area contributed by atoms with Crippen LogP contribution >= 0.6 is 15.9 Å². The first kappa shape index (κ1) is 29.3. The Bertz CT molecular complexity index is 1310. The van der Waals surface area contributed by atoms with Crippen molar-refractivity contribution in [3.63, 3.8) is 0 Å². The second-order valence-corrected chi connectivity index (χ2v) is 8.96. The van der Waals surface area contributed by atoms with Gasteiger partial charge in [0.2, 0.25) is 0 Å². The lowest BCUT2D eigenvalue weighted by molar-refractivity contribution is -0.136. The minimum absolute atomic E-state index is 0.114. The predicted octanol–water partition coefficient (Wildman–Crippen LogP) is 2.87. The maximum absolute atomic E-state index is 12.4. The number of urea groups is 1. The summed E-state index contributed by atoms with van der Waals surface area (Å²) < 4.78 is 22.5. The van der Waals surface area contributed by atoms with Gasteiger partial charge in [0, 0.05) is 15.7 Å². The lowest BCUT2D eigenvalue weighted by atomic mass is 9.95. The van der Waals surface area contributed by atoms with Crippen molar-refractivity contribution in [1.29, 1.82) is 5.26 Å². The molecule has 1 heterocycles. The molecule has 2 aromatic carbocycles. The molecule has 3 rings (SSSR count). The first-order valence-electron chi connectivity index (χ1n) is 11.8. The third-order valence-corrected chi connectivity index (χ3v) is 5.86. The number of nitriles is 1. The van der Waals surface area contributed by atoms with Gasteiger partial charge in [0.1, 0.15) is 18.4 Å². The van der Waals surface area contributed by atoms with Crippen LogP contribution in [-0.4, -0.2) is 56.5 Å². The van der Waals surface area contributed by atoms with E-state index in [1.165, 1.54) is 13.3 Å². The first-order valence-corrected chi connectivity index (χ1v) is 12.6. The standard InChI is InChI=1S/C26H28BrN5O7/c1-4-37-21-12-16(24-23(25(34)36-3)15(2)30-26(35)31-24)5-7-20(21)39-14-22(33)32-29-13-17-11-18(27)6-8-19(17)38-10-9-28/h5-8,11-13,22,24,32-33H,4,10,14H2,1-3H3,(H2,30,31,35)/b29-13-/t22-,24-/m0/s1. The topological polar surface area (TPSA) is 164 Å². The Morgan fingerprint density at radius 3 is 2.72 bits per heavy atom. The summed E-state index contributed by atoms with van der Waals surface area (Å²) in [6.07, 6.45) is 0.272. The van der Waals surface area contributed by atoms with Crippen molar-refractivity contribution in [1.82, 2.24) is 16.1 Å². The highest BCUT2D eigenvalue weighted by molar-refractivity contribution is 9.10. The number of benzene rings is 2. The Morgan fingerprint density at radius 2 is 2.00 bits per heavy atom. The van der Waals surface area contributed by atoms with Crippen molar-refractivity contribution in [3.05, 3.63) is 63.3 Å². The molecule has 1 aliphatic rings. The maximum Gasteiger partial charge on any atom is 0.337 e. The van der Waals surface area contributed by atoms with E-state index in [2.05, 4.69) is 37.1 Å². The van der Waals surface area contributed by atoms with E-state index in [0.717, 1.165) is 4.47 Å². The van der Waals surface area contributed by atoms with Gasteiger partial charge in [-0.1, -0.05) is 22.0 Å². The average molecular weight is 602 g/mol. The zero-order valence-electron chi connectivity index (χ0n) is 21.5. The molecule has 2 atom stereocenters. The van der Waals surface area contributed by atoms with Gasteiger partial charge in [-0.3, -0.25) is 5.43 Å². The summed E-state index contributed by atoms with van der Waals surface area (Å²) in [5, 5.41) is 28.4. The van der Waals surface area contributed by atoms with Crippen LogP contribution in [0.2, 0.25) is 0 Å². The Kier molecular flexibility index (Phi) is 10.5. The number of aliphatic hydroxyl groups excluding tert-OH is 1. The fraction of sp³-hybridized carbons (Fsp3) is 0.308. The van der Waals surface area contributed by atoms with Crippen LogP contribution < -0.4 is 30.3 Å². The van der Waals surface area contributed by atoms with Crippen molar-refractivity contribution in [2.24, 2.45) is 5.10 Å². The monoisotopic (exact) mass is 601 g/mol. The van der Waals surface area contributed by atoms with E-state index in [0.29, 0.717) is 40.7 Å². The summed E-state index contributed by atoms with van der Waals surface area (Å²) in [4.78, 5) is 24.5. The Labute approximate surface area is 233 Å². The molecule has 206 valence electrons. The van der Waals surface area contributed by atoms with E-state index in [1.54, 1.807) is 50.2 Å². The molecule has 4 N–H and O–H groups in total. The number of rotatable bonds is 12. The molecule has 0 saturated carbocycles. The van der Waals surface area contributed by atoms with Crippen LogP contribution in [0.1, 0.15) is 31.0 Å². The van der Waals surface area contributed by atoms with Crippen LogP contribution in [-0.2, 0) is 9.53 Å². The molecule has 0 radical (unpaired) electrons. The lowest BCUT2D eigenvalue weighted by Gasteiger charge is -2.28. The van der Waals surface area contributed by atoms with Gasteiger partial charge in [-0.25, -0.2) is 9.59 Å². The van der Waals surface area contributed by atoms with Crippen LogP contribution in [0.3, 0.4) is 0 Å². The number of nitrogens with zero attached hydrogens (tertiary/aromatic N) is 2. The second-order valence-electron chi connectivity index (χ2n) is 8.04. The molecule has 0 unspecified atom stereocenters. The number of methoxy groups -OCH3 is 1. The SMILES string of the molecule is CCOc1cc([C@@H]2NC(=O)NC(C)=C2C(=O)OC)ccc1OC[C@H](O)N/N=C\c1cc(Br)ccc1OCC#N. The minimum atomic E-state index is -1.17. The molecule has 0 aliphatic carbocycles. The van der Waals surface area contributed by atoms with Gasteiger partial charge in [-0.2, -0.15) is 10.4 Å². The Morgan fingerprint density at radius 1 is 1.23 bits per heavy atom. The number of hydrogen-bond acceptors (Lipinski definition) is 10. The largest absolute Gasteiger partial charge is 0.490 e. The second kappa shape index (κ2) is 14.0. The van der Waals surface area contributed by atoms with Crippen molar-refractivity contribution in [2.45, 2.75) is 26.1 Å². The number of carbonyl (C=O) groups excluding carboxylic acids is 2. The van der Waals surface area contributed by atoms with Gasteiger partial charge >= 0.3 is 12.0 Å². The molecule has 0 aromatic heterocycles. The van der Waals surface area contributed by atoms with Crippen LogP contribution in [0.15, 0.2) is 57.2 Å². The molecular weight excluding hydrogens is 574 g/mol.